The number of nitrogens with zero attached hydrogens (tertiary/aromatic N) is 3. The maximum absolute atomic E-state index is 13.2. The predicted octanol–water partition coefficient (Wildman–Crippen LogP) is 3.33. The fourth-order valence-electron chi connectivity index (χ4n) is 4.50. The van der Waals surface area contributed by atoms with Gasteiger partial charge in [0.1, 0.15) is 5.82 Å². The zero-order valence-electron chi connectivity index (χ0n) is 17.3. The van der Waals surface area contributed by atoms with Gasteiger partial charge in [0.2, 0.25) is 10.0 Å². The molecule has 31 heavy (non-hydrogen) atoms. The first-order chi connectivity index (χ1) is 14.9. The van der Waals surface area contributed by atoms with Gasteiger partial charge in [-0.05, 0) is 68.0 Å². The molecule has 1 amide bonds. The van der Waals surface area contributed by atoms with Crippen LogP contribution in [0.5, 0.6) is 0 Å². The molecule has 8 heteroatoms. The van der Waals surface area contributed by atoms with Gasteiger partial charge in [-0.3, -0.25) is 9.10 Å². The number of sulfonamides is 1. The number of amides is 1. The van der Waals surface area contributed by atoms with Gasteiger partial charge in [-0.1, -0.05) is 18.2 Å². The highest BCUT2D eigenvalue weighted by Gasteiger charge is 2.27. The lowest BCUT2D eigenvalue weighted by Gasteiger charge is -2.29. The summed E-state index contributed by atoms with van der Waals surface area (Å²) in [6, 6.07) is 15.0. The highest BCUT2D eigenvalue weighted by atomic mass is 32.2. The summed E-state index contributed by atoms with van der Waals surface area (Å²) in [7, 11) is -3.34. The van der Waals surface area contributed by atoms with E-state index in [1.165, 1.54) is 10.6 Å². The second-order valence-electron chi connectivity index (χ2n) is 8.11. The van der Waals surface area contributed by atoms with Crippen LogP contribution in [0.1, 0.15) is 40.0 Å². The van der Waals surface area contributed by atoms with Gasteiger partial charge < -0.3 is 5.32 Å². The van der Waals surface area contributed by atoms with Gasteiger partial charge in [-0.15, -0.1) is 0 Å². The van der Waals surface area contributed by atoms with Crippen molar-refractivity contribution >= 4 is 27.4 Å². The molecule has 1 aromatic heterocycles. The Labute approximate surface area is 181 Å². The van der Waals surface area contributed by atoms with Crippen LogP contribution < -0.4 is 9.62 Å². The average molecular weight is 437 g/mol. The molecule has 2 aromatic carbocycles. The molecule has 0 unspecified atom stereocenters. The van der Waals surface area contributed by atoms with Crippen molar-refractivity contribution in [1.29, 1.82) is 0 Å². The SMILES string of the molecule is CS(=O)(=O)N1CCCc2cc(C(=O)Nc3c4c(nn3-c3ccccc3)CCC4)ccc21. The lowest BCUT2D eigenvalue weighted by Crippen LogP contribution is -2.34. The van der Waals surface area contributed by atoms with Crippen LogP contribution in [0.4, 0.5) is 11.5 Å². The lowest BCUT2D eigenvalue weighted by molar-refractivity contribution is 0.102. The second kappa shape index (κ2) is 7.53. The number of hydrogen-bond donors (Lipinski definition) is 1. The molecule has 160 valence electrons. The number of aryl methyl sites for hydroxylation is 2. The van der Waals surface area contributed by atoms with Gasteiger partial charge in [0.05, 0.1) is 23.3 Å². The summed E-state index contributed by atoms with van der Waals surface area (Å²) in [5.74, 6) is 0.505. The van der Waals surface area contributed by atoms with Gasteiger partial charge in [0.15, 0.2) is 0 Å². The average Bonchev–Trinajstić information content (AvgIpc) is 3.35. The zero-order valence-corrected chi connectivity index (χ0v) is 18.2. The van der Waals surface area contributed by atoms with Gasteiger partial charge in [-0.25, -0.2) is 13.1 Å². The van der Waals surface area contributed by atoms with Crippen LogP contribution in [0.25, 0.3) is 5.69 Å². The fraction of sp³-hybridized carbons (Fsp3) is 0.304. The molecule has 5 rings (SSSR count). The zero-order chi connectivity index (χ0) is 21.6. The molecule has 2 heterocycles. The Balaban J connectivity index is 1.48. The number of carbonyl (C=O) groups is 1. The largest absolute Gasteiger partial charge is 0.306 e. The summed E-state index contributed by atoms with van der Waals surface area (Å²) in [5, 5.41) is 7.83. The maximum Gasteiger partial charge on any atom is 0.256 e. The van der Waals surface area contributed by atoms with Gasteiger partial charge >= 0.3 is 0 Å². The third-order valence-electron chi connectivity index (χ3n) is 5.96. The van der Waals surface area contributed by atoms with E-state index < -0.39 is 10.0 Å². The van der Waals surface area contributed by atoms with Gasteiger partial charge in [-0.2, -0.15) is 5.10 Å². The first-order valence-electron chi connectivity index (χ1n) is 10.5. The number of anilines is 2. The van der Waals surface area contributed by atoms with E-state index in [0.717, 1.165) is 60.4 Å². The van der Waals surface area contributed by atoms with Crippen LogP contribution in [-0.2, 0) is 29.3 Å². The summed E-state index contributed by atoms with van der Waals surface area (Å²) in [4.78, 5) is 13.2. The van der Waals surface area contributed by atoms with Crippen molar-refractivity contribution in [3.8, 4) is 5.69 Å². The monoisotopic (exact) mass is 436 g/mol. The Morgan fingerprint density at radius 2 is 1.84 bits per heavy atom. The highest BCUT2D eigenvalue weighted by Crippen LogP contribution is 2.33. The van der Waals surface area contributed by atoms with E-state index in [1.54, 1.807) is 12.1 Å². The van der Waals surface area contributed by atoms with Crippen molar-refractivity contribution < 1.29 is 13.2 Å². The fourth-order valence-corrected chi connectivity index (χ4v) is 5.50. The molecule has 0 bridgehead atoms. The molecule has 0 atom stereocenters. The van der Waals surface area contributed by atoms with E-state index in [-0.39, 0.29) is 5.91 Å². The smallest absolute Gasteiger partial charge is 0.256 e. The maximum atomic E-state index is 13.2. The van der Waals surface area contributed by atoms with Gasteiger partial charge in [0.25, 0.3) is 5.91 Å². The molecule has 1 N–H and O–H groups in total. The first-order valence-corrected chi connectivity index (χ1v) is 12.3. The number of benzene rings is 2. The number of fused-ring (bicyclic) bond motifs is 2. The van der Waals surface area contributed by atoms with E-state index in [2.05, 4.69) is 5.32 Å². The summed E-state index contributed by atoms with van der Waals surface area (Å²) >= 11 is 0. The molecular weight excluding hydrogens is 412 g/mol. The van der Waals surface area contributed by atoms with Gasteiger partial charge in [0, 0.05) is 17.7 Å². The van der Waals surface area contributed by atoms with Crippen molar-refractivity contribution in [2.24, 2.45) is 0 Å². The molecule has 1 aliphatic carbocycles. The molecule has 0 fully saturated rings. The third kappa shape index (κ3) is 3.61. The Morgan fingerprint density at radius 1 is 1.03 bits per heavy atom. The highest BCUT2D eigenvalue weighted by molar-refractivity contribution is 7.92. The van der Waals surface area contributed by atoms with Crippen LogP contribution in [-0.4, -0.2) is 36.9 Å². The Kier molecular flexibility index (Phi) is 4.81. The molecule has 1 aliphatic heterocycles. The van der Waals surface area contributed by atoms with Crippen LogP contribution in [0, 0.1) is 0 Å². The van der Waals surface area contributed by atoms with E-state index in [1.807, 2.05) is 41.1 Å². The lowest BCUT2D eigenvalue weighted by atomic mass is 10.0. The molecule has 7 nitrogen and oxygen atoms in total. The molecular formula is C23H24N4O3S. The predicted molar refractivity (Wildman–Crippen MR) is 120 cm³/mol. The number of nitrogens with one attached hydrogen (secondary N) is 1. The summed E-state index contributed by atoms with van der Waals surface area (Å²) in [6.07, 6.45) is 5.55. The van der Waals surface area contributed by atoms with E-state index in [4.69, 9.17) is 5.10 Å². The van der Waals surface area contributed by atoms with Crippen molar-refractivity contribution in [1.82, 2.24) is 9.78 Å². The normalized spacial score (nSPS) is 15.5. The molecule has 0 saturated carbocycles. The third-order valence-corrected chi connectivity index (χ3v) is 7.14. The summed E-state index contributed by atoms with van der Waals surface area (Å²) in [6.45, 7) is 0.472. The Morgan fingerprint density at radius 3 is 2.61 bits per heavy atom. The van der Waals surface area contributed by atoms with E-state index in [9.17, 15) is 13.2 Å². The van der Waals surface area contributed by atoms with Crippen LogP contribution in [0.3, 0.4) is 0 Å². The molecule has 0 spiro atoms. The van der Waals surface area contributed by atoms with Crippen LogP contribution >= 0.6 is 0 Å². The molecule has 2 aliphatic rings. The molecule has 0 saturated heterocycles. The van der Waals surface area contributed by atoms with Crippen molar-refractivity contribution in [2.75, 3.05) is 22.4 Å². The van der Waals surface area contributed by atoms with E-state index >= 15 is 0 Å². The summed E-state index contributed by atoms with van der Waals surface area (Å²) < 4.78 is 27.4. The van der Waals surface area contributed by atoms with Crippen molar-refractivity contribution in [3.63, 3.8) is 0 Å². The minimum Gasteiger partial charge on any atom is -0.306 e. The quantitative estimate of drug-likeness (QED) is 0.680. The number of hydrogen-bond acceptors (Lipinski definition) is 4. The molecule has 0 radical (unpaired) electrons. The number of carbonyl (C=O) groups excluding carboxylic acids is 1. The number of aromatic nitrogens is 2. The van der Waals surface area contributed by atoms with E-state index in [0.29, 0.717) is 17.8 Å². The minimum absolute atomic E-state index is 0.217. The Hall–Kier alpha value is -3.13. The first kappa shape index (κ1) is 19.8. The Bertz CT molecular complexity index is 1270. The second-order valence-corrected chi connectivity index (χ2v) is 10.0. The summed E-state index contributed by atoms with van der Waals surface area (Å²) in [5.41, 5.74) is 5.10. The standard InChI is InChI=1S/C23H24N4O3S/c1-31(29,30)26-14-6-7-16-15-17(12-13-21(16)26)23(28)24-22-19-10-5-11-20(19)25-27(22)18-8-3-2-4-9-18/h2-4,8-9,12-13,15H,5-7,10-11,14H2,1H3,(H,24,28). The topological polar surface area (TPSA) is 84.3 Å². The number of rotatable bonds is 4. The van der Waals surface area contributed by atoms with Crippen LogP contribution in [0.2, 0.25) is 0 Å². The van der Waals surface area contributed by atoms with Crippen molar-refractivity contribution in [3.05, 3.63) is 70.9 Å². The van der Waals surface area contributed by atoms with Crippen molar-refractivity contribution in [2.45, 2.75) is 32.1 Å². The minimum atomic E-state index is -3.34. The number of para-hydroxylation sites is 1. The van der Waals surface area contributed by atoms with Crippen LogP contribution in [0.15, 0.2) is 48.5 Å². The molecule has 3 aromatic rings.